The number of carbonyl (C=O) groups is 3. The van der Waals surface area contributed by atoms with E-state index in [1.54, 1.807) is 42.5 Å². The molecule has 0 unspecified atom stereocenters. The molecule has 7 nitrogen and oxygen atoms in total. The Labute approximate surface area is 153 Å². The molecule has 0 atom stereocenters. The molecular formula is C18H16N2O5S. The van der Waals surface area contributed by atoms with E-state index in [4.69, 9.17) is 15.2 Å². The van der Waals surface area contributed by atoms with Gasteiger partial charge in [-0.1, -0.05) is 12.1 Å². The van der Waals surface area contributed by atoms with Crippen molar-refractivity contribution >= 4 is 35.2 Å². The van der Waals surface area contributed by atoms with Crippen LogP contribution in [0.15, 0.2) is 47.4 Å². The summed E-state index contributed by atoms with van der Waals surface area (Å²) in [7, 11) is 0. The molecule has 3 rings (SSSR count). The maximum atomic E-state index is 12.3. The second-order valence-corrected chi connectivity index (χ2v) is 6.54. The number of rotatable bonds is 6. The highest BCUT2D eigenvalue weighted by Crippen LogP contribution is 2.32. The topological polar surface area (TPSA) is 108 Å². The van der Waals surface area contributed by atoms with Crippen LogP contribution in [0.3, 0.4) is 0 Å². The molecule has 0 saturated heterocycles. The van der Waals surface area contributed by atoms with Crippen molar-refractivity contribution in [3.05, 3.63) is 53.6 Å². The number of nitrogens with two attached hydrogens (primary N) is 1. The first-order chi connectivity index (χ1) is 12.5. The van der Waals surface area contributed by atoms with Gasteiger partial charge in [0.25, 0.3) is 5.91 Å². The van der Waals surface area contributed by atoms with Crippen molar-refractivity contribution < 1.29 is 23.9 Å². The lowest BCUT2D eigenvalue weighted by molar-refractivity contribution is -0.120. The molecule has 26 heavy (non-hydrogen) atoms. The Balaban J connectivity index is 1.62. The van der Waals surface area contributed by atoms with Crippen molar-refractivity contribution in [2.75, 3.05) is 17.7 Å². The van der Waals surface area contributed by atoms with Gasteiger partial charge in [-0.05, 0) is 35.9 Å². The number of thioether (sulfide) groups is 1. The Morgan fingerprint density at radius 3 is 2.85 bits per heavy atom. The minimum Gasteiger partial charge on any atom is -0.484 e. The molecule has 1 heterocycles. The van der Waals surface area contributed by atoms with Crippen LogP contribution in [0.5, 0.6) is 5.75 Å². The largest absolute Gasteiger partial charge is 0.484 e. The van der Waals surface area contributed by atoms with Crippen LogP contribution in [0.2, 0.25) is 0 Å². The molecule has 0 spiro atoms. The van der Waals surface area contributed by atoms with E-state index in [9.17, 15) is 14.4 Å². The number of hydrogen-bond donors (Lipinski definition) is 2. The maximum absolute atomic E-state index is 12.3. The highest BCUT2D eigenvalue weighted by molar-refractivity contribution is 8.00. The van der Waals surface area contributed by atoms with Crippen molar-refractivity contribution in [2.24, 2.45) is 5.73 Å². The standard InChI is InChI=1S/C18H16N2O5S/c19-16(21)9-24-13-3-1-2-11(6-13)8-25-18(23)12-4-5-15-14(7-12)20-17(22)10-26-15/h1-7H,8-10H2,(H2,19,21)(H,20,22). The Kier molecular flexibility index (Phi) is 5.43. The summed E-state index contributed by atoms with van der Waals surface area (Å²) in [6.45, 7) is -0.174. The first kappa shape index (κ1) is 17.8. The molecular weight excluding hydrogens is 356 g/mol. The SMILES string of the molecule is NC(=O)COc1cccc(COC(=O)c2ccc3c(c2)NC(=O)CS3)c1. The molecule has 1 aliphatic heterocycles. The number of fused-ring (bicyclic) bond motifs is 1. The smallest absolute Gasteiger partial charge is 0.338 e. The number of hydrogen-bond acceptors (Lipinski definition) is 6. The van der Waals surface area contributed by atoms with Gasteiger partial charge in [-0.2, -0.15) is 0 Å². The number of anilines is 1. The van der Waals surface area contributed by atoms with E-state index in [0.717, 1.165) is 4.90 Å². The number of primary amides is 1. The van der Waals surface area contributed by atoms with Gasteiger partial charge in [-0.3, -0.25) is 9.59 Å². The molecule has 0 radical (unpaired) electrons. The van der Waals surface area contributed by atoms with Gasteiger partial charge in [0.2, 0.25) is 5.91 Å². The van der Waals surface area contributed by atoms with Crippen molar-refractivity contribution in [3.63, 3.8) is 0 Å². The summed E-state index contributed by atoms with van der Waals surface area (Å²) in [6.07, 6.45) is 0. The highest BCUT2D eigenvalue weighted by atomic mass is 32.2. The van der Waals surface area contributed by atoms with Gasteiger partial charge in [0.1, 0.15) is 12.4 Å². The lowest BCUT2D eigenvalue weighted by Gasteiger charge is -2.16. The fourth-order valence-electron chi connectivity index (χ4n) is 2.32. The molecule has 3 N–H and O–H groups in total. The van der Waals surface area contributed by atoms with Gasteiger partial charge in [0.15, 0.2) is 6.61 Å². The number of nitrogens with one attached hydrogen (secondary N) is 1. The average Bonchev–Trinajstić information content (AvgIpc) is 2.64. The molecule has 0 aliphatic carbocycles. The third kappa shape index (κ3) is 4.54. The van der Waals surface area contributed by atoms with E-state index in [1.165, 1.54) is 11.8 Å². The van der Waals surface area contributed by atoms with Gasteiger partial charge < -0.3 is 20.5 Å². The molecule has 0 fully saturated rings. The predicted octanol–water partition coefficient (Wildman–Crippen LogP) is 1.95. The first-order valence-electron chi connectivity index (χ1n) is 7.75. The Morgan fingerprint density at radius 2 is 2.04 bits per heavy atom. The van der Waals surface area contributed by atoms with E-state index in [-0.39, 0.29) is 19.1 Å². The third-order valence-corrected chi connectivity index (χ3v) is 4.57. The number of amides is 2. The zero-order chi connectivity index (χ0) is 18.5. The third-order valence-electron chi connectivity index (χ3n) is 3.50. The second kappa shape index (κ2) is 7.92. The summed E-state index contributed by atoms with van der Waals surface area (Å²) in [5, 5.41) is 2.74. The van der Waals surface area contributed by atoms with E-state index in [1.807, 2.05) is 0 Å². The fourth-order valence-corrected chi connectivity index (χ4v) is 3.11. The second-order valence-electron chi connectivity index (χ2n) is 5.53. The van der Waals surface area contributed by atoms with Crippen molar-refractivity contribution in [2.45, 2.75) is 11.5 Å². The van der Waals surface area contributed by atoms with Crippen molar-refractivity contribution in [1.82, 2.24) is 0 Å². The van der Waals surface area contributed by atoms with E-state index >= 15 is 0 Å². The summed E-state index contributed by atoms with van der Waals surface area (Å²) in [4.78, 5) is 35.4. The Bertz CT molecular complexity index is 868. The summed E-state index contributed by atoms with van der Waals surface area (Å²) >= 11 is 1.42. The molecule has 2 aromatic rings. The molecule has 2 amide bonds. The molecule has 0 saturated carbocycles. The molecule has 0 aromatic heterocycles. The van der Waals surface area contributed by atoms with Crippen LogP contribution >= 0.6 is 11.8 Å². The molecule has 0 bridgehead atoms. The first-order valence-corrected chi connectivity index (χ1v) is 8.74. The number of benzene rings is 2. The van der Waals surface area contributed by atoms with Crippen LogP contribution in [-0.4, -0.2) is 30.1 Å². The number of carbonyl (C=O) groups excluding carboxylic acids is 3. The van der Waals surface area contributed by atoms with Gasteiger partial charge >= 0.3 is 5.97 Å². The molecule has 1 aliphatic rings. The summed E-state index contributed by atoms with van der Waals surface area (Å²) in [5.74, 6) is -0.336. The van der Waals surface area contributed by atoms with E-state index < -0.39 is 11.9 Å². The molecule has 2 aromatic carbocycles. The normalized spacial score (nSPS) is 12.7. The summed E-state index contributed by atoms with van der Waals surface area (Å²) in [5.41, 5.74) is 6.72. The maximum Gasteiger partial charge on any atom is 0.338 e. The fraction of sp³-hybridized carbons (Fsp3) is 0.167. The van der Waals surface area contributed by atoms with Crippen LogP contribution < -0.4 is 15.8 Å². The monoisotopic (exact) mass is 372 g/mol. The average molecular weight is 372 g/mol. The lowest BCUT2D eigenvalue weighted by Crippen LogP contribution is -2.20. The van der Waals surface area contributed by atoms with E-state index in [0.29, 0.717) is 28.3 Å². The van der Waals surface area contributed by atoms with Crippen LogP contribution in [0, 0.1) is 0 Å². The van der Waals surface area contributed by atoms with Gasteiger partial charge in [0.05, 0.1) is 17.0 Å². The summed E-state index contributed by atoms with van der Waals surface area (Å²) in [6, 6.07) is 11.9. The van der Waals surface area contributed by atoms with Crippen LogP contribution in [0.1, 0.15) is 15.9 Å². The van der Waals surface area contributed by atoms with Gasteiger partial charge in [0, 0.05) is 4.90 Å². The van der Waals surface area contributed by atoms with Crippen LogP contribution in [0.4, 0.5) is 5.69 Å². The van der Waals surface area contributed by atoms with Crippen LogP contribution in [0.25, 0.3) is 0 Å². The quantitative estimate of drug-likeness (QED) is 0.751. The Morgan fingerprint density at radius 1 is 1.19 bits per heavy atom. The Hall–Kier alpha value is -3.00. The predicted molar refractivity (Wildman–Crippen MR) is 96.0 cm³/mol. The zero-order valence-electron chi connectivity index (χ0n) is 13.7. The van der Waals surface area contributed by atoms with Crippen molar-refractivity contribution in [3.8, 4) is 5.75 Å². The number of ether oxygens (including phenoxy) is 2. The minimum absolute atomic E-state index is 0.0464. The van der Waals surface area contributed by atoms with Crippen LogP contribution in [-0.2, 0) is 20.9 Å². The summed E-state index contributed by atoms with van der Waals surface area (Å²) < 4.78 is 10.5. The molecule has 134 valence electrons. The lowest BCUT2D eigenvalue weighted by atomic mass is 10.2. The minimum atomic E-state index is -0.570. The van der Waals surface area contributed by atoms with Crippen molar-refractivity contribution in [1.29, 1.82) is 0 Å². The number of esters is 1. The van der Waals surface area contributed by atoms with Gasteiger partial charge in [-0.25, -0.2) is 4.79 Å². The highest BCUT2D eigenvalue weighted by Gasteiger charge is 2.18. The molecule has 8 heteroatoms. The van der Waals surface area contributed by atoms with Gasteiger partial charge in [-0.15, -0.1) is 11.8 Å². The zero-order valence-corrected chi connectivity index (χ0v) is 14.5. The van der Waals surface area contributed by atoms with E-state index in [2.05, 4.69) is 5.32 Å².